The molecule has 2 aromatic carbocycles. The Bertz CT molecular complexity index is 1100. The number of rotatable bonds is 10. The number of nitrogens with zero attached hydrogens (tertiary/aromatic N) is 1. The number of hydrogen-bond donors (Lipinski definition) is 3. The van der Waals surface area contributed by atoms with Crippen LogP contribution in [-0.4, -0.2) is 55.7 Å². The van der Waals surface area contributed by atoms with Crippen LogP contribution in [0.5, 0.6) is 5.75 Å². The molecule has 0 bridgehead atoms. The molecule has 1 aliphatic rings. The van der Waals surface area contributed by atoms with Crippen molar-refractivity contribution in [3.8, 4) is 5.75 Å². The van der Waals surface area contributed by atoms with E-state index in [0.717, 1.165) is 4.31 Å². The van der Waals surface area contributed by atoms with Crippen molar-refractivity contribution in [1.82, 2.24) is 15.1 Å². The van der Waals surface area contributed by atoms with Crippen molar-refractivity contribution >= 4 is 22.0 Å². The third-order valence-corrected chi connectivity index (χ3v) is 8.19. The van der Waals surface area contributed by atoms with E-state index < -0.39 is 28.1 Å². The van der Waals surface area contributed by atoms with Crippen LogP contribution in [0, 0.1) is 5.92 Å². The van der Waals surface area contributed by atoms with E-state index in [4.69, 9.17) is 9.47 Å². The Balaban J connectivity index is 1.93. The topological polar surface area (TPSA) is 134 Å². The molecule has 36 heavy (non-hydrogen) atoms. The first-order chi connectivity index (χ1) is 17.3. The summed E-state index contributed by atoms with van der Waals surface area (Å²) in [6, 6.07) is 13.6. The minimum Gasteiger partial charge on any atom is -0.497 e. The summed E-state index contributed by atoms with van der Waals surface area (Å²) in [5.41, 5.74) is 2.37. The van der Waals surface area contributed by atoms with Gasteiger partial charge in [0.25, 0.3) is 5.91 Å². The van der Waals surface area contributed by atoms with Gasteiger partial charge in [0, 0.05) is 12.6 Å². The predicted octanol–water partition coefficient (Wildman–Crippen LogP) is 3.07. The van der Waals surface area contributed by atoms with Crippen LogP contribution in [0.3, 0.4) is 0 Å². The highest BCUT2D eigenvalue weighted by Crippen LogP contribution is 2.34. The van der Waals surface area contributed by atoms with Crippen LogP contribution in [0.1, 0.15) is 38.2 Å². The second-order valence-electron chi connectivity index (χ2n) is 8.61. The normalized spacial score (nSPS) is 18.8. The maximum atomic E-state index is 13.9. The maximum absolute atomic E-state index is 13.9. The summed E-state index contributed by atoms with van der Waals surface area (Å²) < 4.78 is 39.0. The van der Waals surface area contributed by atoms with Gasteiger partial charge >= 0.3 is 6.09 Å². The van der Waals surface area contributed by atoms with Gasteiger partial charge in [-0.2, -0.15) is 4.31 Å². The molecule has 0 aliphatic heterocycles. The number of amides is 2. The molecule has 10 nitrogen and oxygen atoms in total. The van der Waals surface area contributed by atoms with Crippen molar-refractivity contribution < 1.29 is 32.7 Å². The van der Waals surface area contributed by atoms with E-state index in [9.17, 15) is 23.2 Å². The SMILES string of the molecule is CCOC(=O)NC1CCC(C(C(=O)NO)N(Cc2ccccc2)S(=O)(=O)c2ccc(OC)cc2)CC1. The van der Waals surface area contributed by atoms with Crippen molar-refractivity contribution in [2.24, 2.45) is 5.92 Å². The van der Waals surface area contributed by atoms with Gasteiger partial charge in [0.2, 0.25) is 10.0 Å². The lowest BCUT2D eigenvalue weighted by Crippen LogP contribution is -2.53. The quantitative estimate of drug-likeness (QED) is 0.324. The van der Waals surface area contributed by atoms with Gasteiger partial charge in [-0.25, -0.2) is 18.7 Å². The van der Waals surface area contributed by atoms with Crippen molar-refractivity contribution in [2.45, 2.75) is 56.1 Å². The van der Waals surface area contributed by atoms with E-state index in [1.165, 1.54) is 19.2 Å². The number of alkyl carbamates (subject to hydrolysis) is 1. The molecule has 0 aromatic heterocycles. The van der Waals surface area contributed by atoms with Gasteiger partial charge in [-0.15, -0.1) is 0 Å². The average Bonchev–Trinajstić information content (AvgIpc) is 2.89. The van der Waals surface area contributed by atoms with E-state index in [-0.39, 0.29) is 30.0 Å². The molecular formula is C25H33N3O7S. The van der Waals surface area contributed by atoms with Gasteiger partial charge in [0.05, 0.1) is 18.6 Å². The van der Waals surface area contributed by atoms with E-state index in [2.05, 4.69) is 5.32 Å². The highest BCUT2D eigenvalue weighted by molar-refractivity contribution is 7.89. The number of benzene rings is 2. The number of sulfonamides is 1. The number of hydrogen-bond acceptors (Lipinski definition) is 7. The summed E-state index contributed by atoms with van der Waals surface area (Å²) in [7, 11) is -2.67. The standard InChI is InChI=1S/C25H33N3O7S/c1-3-35-25(30)26-20-11-9-19(10-12-20)23(24(29)27-31)28(17-18-7-5-4-6-8-18)36(32,33)22-15-13-21(34-2)14-16-22/h4-8,13-16,19-20,23,31H,3,9-12,17H2,1-2H3,(H,26,30)(H,27,29). The molecule has 196 valence electrons. The van der Waals surface area contributed by atoms with Gasteiger partial charge in [-0.3, -0.25) is 10.0 Å². The zero-order valence-corrected chi connectivity index (χ0v) is 21.2. The number of nitrogens with one attached hydrogen (secondary N) is 2. The second-order valence-corrected chi connectivity index (χ2v) is 10.5. The number of methoxy groups -OCH3 is 1. The third kappa shape index (κ3) is 6.74. The molecule has 1 saturated carbocycles. The first-order valence-corrected chi connectivity index (χ1v) is 13.3. The molecule has 0 heterocycles. The molecule has 1 fully saturated rings. The molecule has 2 aromatic rings. The van der Waals surface area contributed by atoms with Gasteiger partial charge in [-0.1, -0.05) is 30.3 Å². The number of hydroxylamine groups is 1. The highest BCUT2D eigenvalue weighted by Gasteiger charge is 2.42. The summed E-state index contributed by atoms with van der Waals surface area (Å²) in [5, 5.41) is 12.4. The molecule has 0 spiro atoms. The van der Waals surface area contributed by atoms with Crippen molar-refractivity contribution in [3.63, 3.8) is 0 Å². The van der Waals surface area contributed by atoms with E-state index in [1.54, 1.807) is 48.8 Å². The van der Waals surface area contributed by atoms with E-state index in [1.807, 2.05) is 6.07 Å². The van der Waals surface area contributed by atoms with Crippen molar-refractivity contribution in [1.29, 1.82) is 0 Å². The largest absolute Gasteiger partial charge is 0.497 e. The Kier molecular flexibility index (Phi) is 9.68. The van der Waals surface area contributed by atoms with Gasteiger partial charge in [0.15, 0.2) is 0 Å². The summed E-state index contributed by atoms with van der Waals surface area (Å²) in [6.07, 6.45) is 1.52. The van der Waals surface area contributed by atoms with Crippen molar-refractivity contribution in [2.75, 3.05) is 13.7 Å². The Morgan fingerprint density at radius 2 is 1.69 bits per heavy atom. The lowest BCUT2D eigenvalue weighted by atomic mass is 9.81. The van der Waals surface area contributed by atoms with Crippen LogP contribution in [-0.2, 0) is 26.1 Å². The van der Waals surface area contributed by atoms with Crippen LogP contribution < -0.4 is 15.5 Å². The van der Waals surface area contributed by atoms with E-state index >= 15 is 0 Å². The second kappa shape index (κ2) is 12.7. The average molecular weight is 520 g/mol. The lowest BCUT2D eigenvalue weighted by molar-refractivity contribution is -0.135. The number of ether oxygens (including phenoxy) is 2. The summed E-state index contributed by atoms with van der Waals surface area (Å²) in [6.45, 7) is 1.92. The highest BCUT2D eigenvalue weighted by atomic mass is 32.2. The molecule has 0 radical (unpaired) electrons. The fraction of sp³-hybridized carbons (Fsp3) is 0.440. The Morgan fingerprint density at radius 3 is 2.25 bits per heavy atom. The first-order valence-electron chi connectivity index (χ1n) is 11.9. The summed E-state index contributed by atoms with van der Waals surface area (Å²) >= 11 is 0. The molecule has 0 saturated heterocycles. The zero-order valence-electron chi connectivity index (χ0n) is 20.4. The van der Waals surface area contributed by atoms with Crippen LogP contribution in [0.2, 0.25) is 0 Å². The minimum absolute atomic E-state index is 0.00707. The van der Waals surface area contributed by atoms with Crippen LogP contribution in [0.4, 0.5) is 4.79 Å². The number of carbonyl (C=O) groups excluding carboxylic acids is 2. The predicted molar refractivity (Wildman–Crippen MR) is 132 cm³/mol. The van der Waals surface area contributed by atoms with Gasteiger partial charge in [-0.05, 0) is 68.4 Å². The smallest absolute Gasteiger partial charge is 0.407 e. The summed E-state index contributed by atoms with van der Waals surface area (Å²) in [4.78, 5) is 24.8. The molecule has 1 unspecified atom stereocenters. The first kappa shape index (κ1) is 27.4. The van der Waals surface area contributed by atoms with Gasteiger partial charge in [0.1, 0.15) is 11.8 Å². The van der Waals surface area contributed by atoms with Crippen LogP contribution in [0.25, 0.3) is 0 Å². The molecular weight excluding hydrogens is 486 g/mol. The molecule has 3 rings (SSSR count). The lowest BCUT2D eigenvalue weighted by Gasteiger charge is -2.38. The minimum atomic E-state index is -4.15. The molecule has 2 amide bonds. The van der Waals surface area contributed by atoms with Gasteiger partial charge < -0.3 is 14.8 Å². The molecule has 11 heteroatoms. The Morgan fingerprint density at radius 1 is 1.06 bits per heavy atom. The zero-order chi connectivity index (χ0) is 26.1. The molecule has 1 aliphatic carbocycles. The Labute approximate surface area is 211 Å². The maximum Gasteiger partial charge on any atom is 0.407 e. The monoisotopic (exact) mass is 519 g/mol. The van der Waals surface area contributed by atoms with Crippen molar-refractivity contribution in [3.05, 3.63) is 60.2 Å². The number of carbonyl (C=O) groups is 2. The van der Waals surface area contributed by atoms with Crippen LogP contribution in [0.15, 0.2) is 59.5 Å². The molecule has 1 atom stereocenters. The fourth-order valence-electron chi connectivity index (χ4n) is 4.54. The summed E-state index contributed by atoms with van der Waals surface area (Å²) in [5.74, 6) is -0.681. The molecule has 3 N–H and O–H groups in total. The van der Waals surface area contributed by atoms with E-state index in [0.29, 0.717) is 37.0 Å². The fourth-order valence-corrected chi connectivity index (χ4v) is 6.18. The Hall–Kier alpha value is -3.15. The third-order valence-electron chi connectivity index (χ3n) is 6.35. The van der Waals surface area contributed by atoms with Crippen LogP contribution >= 0.6 is 0 Å².